The lowest BCUT2D eigenvalue weighted by Crippen LogP contribution is -2.31. The number of thiophene rings is 1. The number of ketones is 1. The summed E-state index contributed by atoms with van der Waals surface area (Å²) in [5.41, 5.74) is 3.43. The first kappa shape index (κ1) is 14.8. The lowest BCUT2D eigenvalue weighted by Gasteiger charge is -2.35. The zero-order chi connectivity index (χ0) is 14.4. The summed E-state index contributed by atoms with van der Waals surface area (Å²) in [4.78, 5) is 14.6. The second-order valence-electron chi connectivity index (χ2n) is 6.92. The maximum absolute atomic E-state index is 11.6. The molecular weight excluding hydrogens is 252 g/mol. The smallest absolute Gasteiger partial charge is 0.134 e. The number of carbonyl (C=O) groups excluding carboxylic acids is 1. The summed E-state index contributed by atoms with van der Waals surface area (Å²) in [6.45, 7) is 13.2. The van der Waals surface area contributed by atoms with Gasteiger partial charge >= 0.3 is 0 Å². The second kappa shape index (κ2) is 4.73. The van der Waals surface area contributed by atoms with Crippen LogP contribution in [0.1, 0.15) is 75.3 Å². The van der Waals surface area contributed by atoms with E-state index in [9.17, 15) is 4.79 Å². The predicted octanol–water partition coefficient (Wildman–Crippen LogP) is 4.79. The van der Waals surface area contributed by atoms with Gasteiger partial charge in [0.2, 0.25) is 0 Å². The van der Waals surface area contributed by atoms with Gasteiger partial charge in [-0.05, 0) is 37.3 Å². The van der Waals surface area contributed by atoms with Gasteiger partial charge in [0.1, 0.15) is 5.78 Å². The van der Waals surface area contributed by atoms with Crippen molar-refractivity contribution in [2.24, 2.45) is 0 Å². The predicted molar refractivity (Wildman–Crippen MR) is 83.4 cm³/mol. The largest absolute Gasteiger partial charge is 0.300 e. The molecule has 0 radical (unpaired) electrons. The summed E-state index contributed by atoms with van der Waals surface area (Å²) in [7, 11) is 0. The molecule has 0 spiro atoms. The van der Waals surface area contributed by atoms with Crippen LogP contribution in [0.15, 0.2) is 0 Å². The zero-order valence-electron chi connectivity index (χ0n) is 13.1. The molecule has 2 heteroatoms. The minimum atomic E-state index is 0.239. The van der Waals surface area contributed by atoms with E-state index >= 15 is 0 Å². The molecule has 0 amide bonds. The first-order valence-corrected chi connectivity index (χ1v) is 8.21. The van der Waals surface area contributed by atoms with Crippen LogP contribution in [0.25, 0.3) is 0 Å². The van der Waals surface area contributed by atoms with Crippen LogP contribution >= 0.6 is 11.3 Å². The number of hydrogen-bond donors (Lipinski definition) is 0. The van der Waals surface area contributed by atoms with Crippen LogP contribution in [0.3, 0.4) is 0 Å². The average Bonchev–Trinajstić information content (AvgIpc) is 2.63. The Morgan fingerprint density at radius 3 is 2.32 bits per heavy atom. The molecule has 1 nitrogen and oxygen atoms in total. The van der Waals surface area contributed by atoms with E-state index in [1.165, 1.54) is 20.9 Å². The lowest BCUT2D eigenvalue weighted by molar-refractivity contribution is -0.116. The molecule has 0 bridgehead atoms. The van der Waals surface area contributed by atoms with Crippen LogP contribution in [0.5, 0.6) is 0 Å². The highest BCUT2D eigenvalue weighted by atomic mass is 32.1. The lowest BCUT2D eigenvalue weighted by atomic mass is 9.69. The number of carbonyl (C=O) groups is 1. The van der Waals surface area contributed by atoms with E-state index in [1.807, 2.05) is 11.3 Å². The van der Waals surface area contributed by atoms with Gasteiger partial charge < -0.3 is 0 Å². The third-order valence-electron chi connectivity index (χ3n) is 4.88. The minimum Gasteiger partial charge on any atom is -0.300 e. The highest BCUT2D eigenvalue weighted by molar-refractivity contribution is 7.13. The summed E-state index contributed by atoms with van der Waals surface area (Å²) in [5, 5.41) is 0. The number of hydrogen-bond acceptors (Lipinski definition) is 2. The second-order valence-corrected chi connectivity index (χ2v) is 7.95. The van der Waals surface area contributed by atoms with Crippen LogP contribution in [-0.2, 0) is 28.5 Å². The first-order chi connectivity index (χ1) is 8.75. The Bertz CT molecular complexity index is 504. The van der Waals surface area contributed by atoms with Crippen LogP contribution in [-0.4, -0.2) is 5.78 Å². The molecule has 0 aliphatic heterocycles. The third kappa shape index (κ3) is 2.29. The van der Waals surface area contributed by atoms with Gasteiger partial charge in [-0.3, -0.25) is 4.79 Å². The zero-order valence-corrected chi connectivity index (χ0v) is 14.0. The van der Waals surface area contributed by atoms with E-state index < -0.39 is 0 Å². The Labute approximate surface area is 121 Å². The molecule has 2 rings (SSSR count). The fraction of sp³-hybridized carbons (Fsp3) is 0.706. The van der Waals surface area contributed by atoms with Gasteiger partial charge in [-0.15, -0.1) is 11.3 Å². The van der Waals surface area contributed by atoms with Gasteiger partial charge in [0.15, 0.2) is 0 Å². The van der Waals surface area contributed by atoms with Crippen molar-refractivity contribution >= 4 is 17.1 Å². The topological polar surface area (TPSA) is 17.1 Å². The Morgan fingerprint density at radius 2 is 1.89 bits per heavy atom. The molecule has 1 aromatic rings. The van der Waals surface area contributed by atoms with Gasteiger partial charge in [-0.1, -0.05) is 34.6 Å². The van der Waals surface area contributed by atoms with E-state index in [-0.39, 0.29) is 5.41 Å². The summed E-state index contributed by atoms with van der Waals surface area (Å²) in [6.07, 6.45) is 4.07. The average molecular weight is 278 g/mol. The van der Waals surface area contributed by atoms with Crippen molar-refractivity contribution in [3.63, 3.8) is 0 Å². The van der Waals surface area contributed by atoms with Crippen LogP contribution < -0.4 is 0 Å². The normalized spacial score (nSPS) is 16.9. The fourth-order valence-corrected chi connectivity index (χ4v) is 4.87. The van der Waals surface area contributed by atoms with E-state index in [1.54, 1.807) is 6.92 Å². The molecule has 0 aromatic carbocycles. The van der Waals surface area contributed by atoms with Gasteiger partial charge in [0.25, 0.3) is 0 Å². The van der Waals surface area contributed by atoms with Crippen molar-refractivity contribution in [1.29, 1.82) is 0 Å². The van der Waals surface area contributed by atoms with Crippen molar-refractivity contribution in [1.82, 2.24) is 0 Å². The Hall–Kier alpha value is -0.630. The van der Waals surface area contributed by atoms with E-state index in [0.29, 0.717) is 17.6 Å². The van der Waals surface area contributed by atoms with Crippen LogP contribution in [0.2, 0.25) is 0 Å². The van der Waals surface area contributed by atoms with E-state index in [2.05, 4.69) is 34.6 Å². The molecule has 19 heavy (non-hydrogen) atoms. The highest BCUT2D eigenvalue weighted by Gasteiger charge is 2.42. The molecule has 0 N–H and O–H groups in total. The maximum Gasteiger partial charge on any atom is 0.134 e. The molecule has 0 atom stereocenters. The van der Waals surface area contributed by atoms with Gasteiger partial charge in [0, 0.05) is 27.0 Å². The summed E-state index contributed by atoms with van der Waals surface area (Å²) in [5.74, 6) is 0.293. The molecule has 0 unspecified atom stereocenters. The molecule has 1 heterocycles. The van der Waals surface area contributed by atoms with Crippen molar-refractivity contribution in [3.8, 4) is 0 Å². The molecule has 106 valence electrons. The standard InChI is InChI=1S/C17H26OS/c1-7-17(6,8-2)15-12(9-11(3)18)13-10-16(4,5)14(13)19-15/h7-10H2,1-6H3. The summed E-state index contributed by atoms with van der Waals surface area (Å²) < 4.78 is 0. The van der Waals surface area contributed by atoms with Crippen molar-refractivity contribution < 1.29 is 4.79 Å². The number of rotatable bonds is 5. The van der Waals surface area contributed by atoms with Gasteiger partial charge in [0.05, 0.1) is 0 Å². The summed E-state index contributed by atoms with van der Waals surface area (Å²) in [6, 6.07) is 0. The number of fused-ring (bicyclic) bond motifs is 1. The fourth-order valence-electron chi connectivity index (χ4n) is 3.14. The molecular formula is C17H26OS. The minimum absolute atomic E-state index is 0.239. The number of Topliss-reactive ketones (excluding diaryl/α,β-unsaturated/α-hetero) is 1. The monoisotopic (exact) mass is 278 g/mol. The van der Waals surface area contributed by atoms with Gasteiger partial charge in [-0.2, -0.15) is 0 Å². The van der Waals surface area contributed by atoms with Crippen LogP contribution in [0, 0.1) is 0 Å². The van der Waals surface area contributed by atoms with Gasteiger partial charge in [-0.25, -0.2) is 0 Å². The quantitative estimate of drug-likeness (QED) is 0.756. The Kier molecular flexibility index (Phi) is 3.68. The summed E-state index contributed by atoms with van der Waals surface area (Å²) >= 11 is 1.98. The Morgan fingerprint density at radius 1 is 1.32 bits per heavy atom. The van der Waals surface area contributed by atoms with E-state index in [4.69, 9.17) is 0 Å². The van der Waals surface area contributed by atoms with Crippen molar-refractivity contribution in [2.75, 3.05) is 0 Å². The molecule has 0 fully saturated rings. The van der Waals surface area contributed by atoms with Crippen molar-refractivity contribution in [3.05, 3.63) is 20.9 Å². The van der Waals surface area contributed by atoms with E-state index in [0.717, 1.165) is 19.3 Å². The highest BCUT2D eigenvalue weighted by Crippen LogP contribution is 2.52. The SMILES string of the molecule is CCC(C)(CC)c1sc2c(c1CC(C)=O)CC2(C)C. The third-order valence-corrected chi connectivity index (χ3v) is 6.83. The molecule has 0 saturated heterocycles. The molecule has 1 aliphatic carbocycles. The van der Waals surface area contributed by atoms with Crippen molar-refractivity contribution in [2.45, 2.75) is 78.1 Å². The molecule has 0 saturated carbocycles. The molecule has 1 aromatic heterocycles. The molecule has 1 aliphatic rings. The van der Waals surface area contributed by atoms with Crippen LogP contribution in [0.4, 0.5) is 0 Å². The Balaban J connectivity index is 2.54. The first-order valence-electron chi connectivity index (χ1n) is 7.40. The maximum atomic E-state index is 11.6.